The van der Waals surface area contributed by atoms with Crippen LogP contribution >= 0.6 is 0 Å². The molecule has 0 spiro atoms. The van der Waals surface area contributed by atoms with Gasteiger partial charge in [0.05, 0.1) is 0 Å². The summed E-state index contributed by atoms with van der Waals surface area (Å²) in [6.07, 6.45) is 12.4. The maximum Gasteiger partial charge on any atom is -1.00 e. The van der Waals surface area contributed by atoms with Gasteiger partial charge in [0.2, 0.25) is 0 Å². The van der Waals surface area contributed by atoms with E-state index in [-0.39, 0.29) is 24.8 Å². The molecule has 3 aliphatic carbocycles. The summed E-state index contributed by atoms with van der Waals surface area (Å²) in [4.78, 5) is 0. The summed E-state index contributed by atoms with van der Waals surface area (Å²) in [5.41, 5.74) is 16.3. The molecule has 8 rings (SSSR count). The molecular weight excluding hydrogens is 710 g/mol. The van der Waals surface area contributed by atoms with E-state index in [0.717, 1.165) is 0 Å². The summed E-state index contributed by atoms with van der Waals surface area (Å²) in [6.45, 7) is 4.48. The van der Waals surface area contributed by atoms with Crippen molar-refractivity contribution in [3.63, 3.8) is 0 Å². The first-order valence-electron chi connectivity index (χ1n) is 14.3. The zero-order chi connectivity index (χ0) is 26.1. The minimum Gasteiger partial charge on any atom is -1.00 e. The van der Waals surface area contributed by atoms with Crippen molar-refractivity contribution in [2.45, 2.75) is 46.9 Å². The van der Waals surface area contributed by atoms with Crippen molar-refractivity contribution < 1.29 is 47.7 Å². The molecule has 0 amide bonds. The number of aryl methyl sites for hydroxylation is 3. The molecule has 2 nitrogen and oxygen atoms in total. The molecule has 2 atom stereocenters. The number of para-hydroxylation sites is 1. The molecule has 2 heterocycles. The molecule has 2 unspecified atom stereocenters. The maximum absolute atomic E-state index is 2.72. The zero-order valence-corrected chi connectivity index (χ0v) is 28.5. The molecular formula is C36H32Cl2HfN2. The Kier molecular flexibility index (Phi) is 7.82. The predicted octanol–water partition coefficient (Wildman–Crippen LogP) is 2.83. The van der Waals surface area contributed by atoms with Crippen LogP contribution in [0.4, 0.5) is 0 Å². The van der Waals surface area contributed by atoms with Crippen LogP contribution in [0, 0.1) is 13.8 Å². The molecule has 204 valence electrons. The van der Waals surface area contributed by atoms with E-state index in [9.17, 15) is 0 Å². The second-order valence-electron chi connectivity index (χ2n) is 11.4. The van der Waals surface area contributed by atoms with Gasteiger partial charge in [-0.15, -0.1) is 0 Å². The number of hydrogen-bond donors (Lipinski definition) is 0. The number of aromatic nitrogens is 2. The Morgan fingerprint density at radius 1 is 0.707 bits per heavy atom. The number of benzene rings is 3. The second-order valence-corrected chi connectivity index (χ2v) is 16.8. The van der Waals surface area contributed by atoms with E-state index >= 15 is 0 Å². The molecule has 3 aliphatic rings. The van der Waals surface area contributed by atoms with Crippen molar-refractivity contribution in [2.75, 3.05) is 0 Å². The molecule has 0 saturated carbocycles. The van der Waals surface area contributed by atoms with Gasteiger partial charge in [-0.2, -0.15) is 0 Å². The van der Waals surface area contributed by atoms with Crippen LogP contribution in [0.3, 0.4) is 0 Å². The van der Waals surface area contributed by atoms with Crippen LogP contribution in [0.25, 0.3) is 34.4 Å². The van der Waals surface area contributed by atoms with E-state index < -0.39 is 22.9 Å². The Morgan fingerprint density at radius 2 is 1.32 bits per heavy atom. The Hall–Kier alpha value is -2.59. The first-order chi connectivity index (χ1) is 19.2. The Labute approximate surface area is 266 Å². The van der Waals surface area contributed by atoms with Crippen molar-refractivity contribution in [1.82, 2.24) is 9.13 Å². The van der Waals surface area contributed by atoms with Gasteiger partial charge >= 0.3 is 243 Å². The quantitative estimate of drug-likeness (QED) is 0.251. The third kappa shape index (κ3) is 4.56. The summed E-state index contributed by atoms with van der Waals surface area (Å²) < 4.78 is 6.27. The van der Waals surface area contributed by atoms with Crippen molar-refractivity contribution in [2.24, 2.45) is 0 Å². The predicted molar refractivity (Wildman–Crippen MR) is 159 cm³/mol. The maximum atomic E-state index is 2.72. The molecule has 2 aromatic heterocycles. The molecule has 0 saturated heterocycles. The number of nitrogens with zero attached hydrogens (tertiary/aromatic N) is 2. The van der Waals surface area contributed by atoms with E-state index in [1.165, 1.54) is 64.7 Å². The summed E-state index contributed by atoms with van der Waals surface area (Å²) in [7, 11) is 0. The van der Waals surface area contributed by atoms with E-state index in [1.54, 1.807) is 28.1 Å². The SMILES string of the molecule is Cc1cc(C)n(C2=Cc3ccccc3[CH]2[Hf+2][CH]2C(n3c4c(c5ccccc53)CCCC4)=Cc3ccccc32)c1.[Cl-].[Cl-]. The fraction of sp³-hybridized carbons (Fsp3) is 0.222. The van der Waals surface area contributed by atoms with E-state index in [0.29, 0.717) is 7.35 Å². The van der Waals surface area contributed by atoms with Crippen molar-refractivity contribution in [1.29, 1.82) is 0 Å². The van der Waals surface area contributed by atoms with Gasteiger partial charge in [-0.1, -0.05) is 0 Å². The van der Waals surface area contributed by atoms with Crippen LogP contribution in [0.15, 0.2) is 85.1 Å². The number of halogens is 2. The molecule has 0 N–H and O–H groups in total. The van der Waals surface area contributed by atoms with Crippen LogP contribution < -0.4 is 24.8 Å². The van der Waals surface area contributed by atoms with Gasteiger partial charge in [0, 0.05) is 0 Å². The van der Waals surface area contributed by atoms with Gasteiger partial charge in [-0.3, -0.25) is 0 Å². The smallest absolute Gasteiger partial charge is 1.00 e. The summed E-state index contributed by atoms with van der Waals surface area (Å²) in [5.74, 6) is 0. The second kappa shape index (κ2) is 11.2. The summed E-state index contributed by atoms with van der Waals surface area (Å²) in [5, 5.41) is 1.47. The molecule has 41 heavy (non-hydrogen) atoms. The third-order valence-electron chi connectivity index (χ3n) is 9.01. The fourth-order valence-corrected chi connectivity index (χ4v) is 14.5. The molecule has 5 aromatic rings. The number of fused-ring (bicyclic) bond motifs is 5. The van der Waals surface area contributed by atoms with Gasteiger partial charge in [0.25, 0.3) is 0 Å². The van der Waals surface area contributed by atoms with Crippen LogP contribution in [0.2, 0.25) is 0 Å². The fourth-order valence-electron chi connectivity index (χ4n) is 7.34. The average molecular weight is 742 g/mol. The number of rotatable bonds is 4. The first kappa shape index (κ1) is 28.5. The first-order valence-corrected chi connectivity index (χ1v) is 18.5. The van der Waals surface area contributed by atoms with Gasteiger partial charge in [-0.25, -0.2) is 0 Å². The van der Waals surface area contributed by atoms with Gasteiger partial charge in [0.1, 0.15) is 0 Å². The Balaban J connectivity index is 0.00000151. The Morgan fingerprint density at radius 3 is 2.02 bits per heavy atom. The van der Waals surface area contributed by atoms with Crippen LogP contribution in [0.5, 0.6) is 0 Å². The van der Waals surface area contributed by atoms with Gasteiger partial charge < -0.3 is 24.8 Å². The zero-order valence-electron chi connectivity index (χ0n) is 23.4. The van der Waals surface area contributed by atoms with Crippen molar-refractivity contribution in [3.05, 3.63) is 130 Å². The number of hydrogen-bond acceptors (Lipinski definition) is 0. The molecule has 3 aromatic carbocycles. The summed E-state index contributed by atoms with van der Waals surface area (Å²) >= 11 is -1.39. The minimum atomic E-state index is -1.39. The minimum absolute atomic E-state index is 0. The summed E-state index contributed by atoms with van der Waals surface area (Å²) in [6, 6.07) is 29.9. The van der Waals surface area contributed by atoms with Crippen LogP contribution in [-0.2, 0) is 35.7 Å². The van der Waals surface area contributed by atoms with Crippen molar-refractivity contribution in [3.8, 4) is 0 Å². The number of allylic oxidation sites excluding steroid dienone is 2. The van der Waals surface area contributed by atoms with Gasteiger partial charge in [-0.05, 0) is 0 Å². The molecule has 5 heteroatoms. The molecule has 0 fully saturated rings. The molecule has 0 aliphatic heterocycles. The molecule has 0 bridgehead atoms. The van der Waals surface area contributed by atoms with E-state index in [2.05, 4.69) is 120 Å². The molecule has 0 radical (unpaired) electrons. The van der Waals surface area contributed by atoms with Crippen molar-refractivity contribution >= 4 is 34.4 Å². The van der Waals surface area contributed by atoms with Crippen LogP contribution in [-0.4, -0.2) is 9.13 Å². The normalized spacial score (nSPS) is 18.4. The third-order valence-corrected chi connectivity index (χ3v) is 15.8. The van der Waals surface area contributed by atoms with E-state index in [4.69, 9.17) is 0 Å². The Bertz CT molecular complexity index is 1840. The largest absolute Gasteiger partial charge is 1.00 e. The average Bonchev–Trinajstić information content (AvgIpc) is 3.69. The van der Waals surface area contributed by atoms with Crippen LogP contribution in [0.1, 0.15) is 65.0 Å². The van der Waals surface area contributed by atoms with E-state index in [1.807, 2.05) is 0 Å². The monoisotopic (exact) mass is 742 g/mol. The topological polar surface area (TPSA) is 9.86 Å². The standard InChI is InChI=1S/C21H18N.C15H14N.2ClH.Hf/c1-2-8-16-14-17(13-15(16)7-1)22-20-11-5-3-9-18(20)19-10-4-6-12-21(19)22;1-11-7-12(2)16(10-11)15-8-13-5-3-4-6-14(13)9-15;;;/h1-3,5,7-9,11,13-14H,4,6,10,12H2;3-10H,1-2H3;2*1H;/q;;;;+2/p-2. The van der Waals surface area contributed by atoms with Gasteiger partial charge in [0.15, 0.2) is 0 Å².